The molecule has 5 heteroatoms. The Hall–Kier alpha value is -1.62. The van der Waals surface area contributed by atoms with E-state index in [4.69, 9.17) is 4.74 Å². The fourth-order valence-electron chi connectivity index (χ4n) is 2.89. The van der Waals surface area contributed by atoms with Crippen molar-refractivity contribution in [2.75, 3.05) is 6.54 Å². The maximum absolute atomic E-state index is 12.2. The number of piperidine rings is 1. The molecule has 128 valence electrons. The van der Waals surface area contributed by atoms with Gasteiger partial charge < -0.3 is 15.0 Å². The summed E-state index contributed by atoms with van der Waals surface area (Å²) in [5.41, 5.74) is 2.05. The summed E-state index contributed by atoms with van der Waals surface area (Å²) in [7, 11) is 0. The molecule has 5 nitrogen and oxygen atoms in total. The first-order valence-electron chi connectivity index (χ1n) is 8.39. The van der Waals surface area contributed by atoms with Crippen LogP contribution in [0.2, 0.25) is 0 Å². The minimum atomic E-state index is -0.441. The van der Waals surface area contributed by atoms with Crippen molar-refractivity contribution in [1.82, 2.24) is 15.2 Å². The number of rotatable bonds is 3. The first-order valence-corrected chi connectivity index (χ1v) is 8.39. The Balaban J connectivity index is 1.84. The summed E-state index contributed by atoms with van der Waals surface area (Å²) in [5, 5.41) is 3.60. The van der Waals surface area contributed by atoms with Gasteiger partial charge in [-0.05, 0) is 64.7 Å². The number of carbonyl (C=O) groups excluding carboxylic acids is 1. The molecule has 0 aliphatic carbocycles. The van der Waals surface area contributed by atoms with Crippen molar-refractivity contribution in [3.05, 3.63) is 29.6 Å². The lowest BCUT2D eigenvalue weighted by atomic mass is 9.98. The number of nitrogens with one attached hydrogen (secondary N) is 1. The number of hydrogen-bond donors (Lipinski definition) is 1. The molecular formula is C18H29N3O2. The average Bonchev–Trinajstić information content (AvgIpc) is 2.44. The van der Waals surface area contributed by atoms with Crippen molar-refractivity contribution >= 4 is 6.09 Å². The molecule has 1 aromatic rings. The van der Waals surface area contributed by atoms with E-state index in [0.717, 1.165) is 25.9 Å². The zero-order valence-corrected chi connectivity index (χ0v) is 14.9. The minimum absolute atomic E-state index is 0.186. The van der Waals surface area contributed by atoms with Gasteiger partial charge in [-0.2, -0.15) is 0 Å². The van der Waals surface area contributed by atoms with E-state index in [0.29, 0.717) is 6.04 Å². The molecule has 0 radical (unpaired) electrons. The number of aryl methyl sites for hydroxylation is 1. The summed E-state index contributed by atoms with van der Waals surface area (Å²) < 4.78 is 5.49. The fraction of sp³-hybridized carbons (Fsp3) is 0.667. The molecule has 23 heavy (non-hydrogen) atoms. The Morgan fingerprint density at radius 3 is 2.83 bits per heavy atom. The van der Waals surface area contributed by atoms with Gasteiger partial charge in [0.25, 0.3) is 0 Å². The molecule has 2 heterocycles. The van der Waals surface area contributed by atoms with E-state index in [-0.39, 0.29) is 12.1 Å². The Morgan fingerprint density at radius 1 is 1.48 bits per heavy atom. The summed E-state index contributed by atoms with van der Waals surface area (Å²) in [6.07, 6.45) is 5.43. The average molecular weight is 319 g/mol. The number of carbonyl (C=O) groups is 1. The molecule has 1 aliphatic heterocycles. The predicted molar refractivity (Wildman–Crippen MR) is 91.2 cm³/mol. The van der Waals surface area contributed by atoms with Crippen molar-refractivity contribution < 1.29 is 9.53 Å². The van der Waals surface area contributed by atoms with Gasteiger partial charge in [0, 0.05) is 37.6 Å². The Morgan fingerprint density at radius 2 is 2.22 bits per heavy atom. The van der Waals surface area contributed by atoms with Crippen LogP contribution in [0.1, 0.15) is 51.7 Å². The Labute approximate surface area is 139 Å². The third kappa shape index (κ3) is 5.20. The normalized spacial score (nSPS) is 22.0. The lowest BCUT2D eigenvalue weighted by Gasteiger charge is -2.38. The second-order valence-electron chi connectivity index (χ2n) is 7.43. The highest BCUT2D eigenvalue weighted by atomic mass is 16.6. The molecule has 1 N–H and O–H groups in total. The second kappa shape index (κ2) is 7.30. The van der Waals surface area contributed by atoms with Crippen LogP contribution in [0.25, 0.3) is 0 Å². The molecule has 2 atom stereocenters. The van der Waals surface area contributed by atoms with Crippen molar-refractivity contribution in [3.8, 4) is 0 Å². The van der Waals surface area contributed by atoms with Gasteiger partial charge in [0.15, 0.2) is 0 Å². The monoisotopic (exact) mass is 319 g/mol. The third-order valence-electron chi connectivity index (χ3n) is 4.23. The molecule has 1 saturated heterocycles. The van der Waals surface area contributed by atoms with Crippen LogP contribution in [0.4, 0.5) is 4.79 Å². The molecule has 2 rings (SSSR count). The van der Waals surface area contributed by atoms with Gasteiger partial charge in [0.2, 0.25) is 0 Å². The molecule has 0 bridgehead atoms. The van der Waals surface area contributed by atoms with Gasteiger partial charge in [-0.1, -0.05) is 0 Å². The zero-order chi connectivity index (χ0) is 17.0. The molecule has 1 aliphatic rings. The lowest BCUT2D eigenvalue weighted by molar-refractivity contribution is 0.00932. The lowest BCUT2D eigenvalue weighted by Crippen LogP contribution is -2.50. The van der Waals surface area contributed by atoms with Crippen LogP contribution >= 0.6 is 0 Å². The van der Waals surface area contributed by atoms with Crippen molar-refractivity contribution in [2.45, 2.75) is 71.7 Å². The van der Waals surface area contributed by atoms with Crippen LogP contribution in [-0.2, 0) is 11.3 Å². The van der Waals surface area contributed by atoms with Crippen LogP contribution in [0.5, 0.6) is 0 Å². The summed E-state index contributed by atoms with van der Waals surface area (Å²) in [6.45, 7) is 11.5. The maximum atomic E-state index is 12.2. The van der Waals surface area contributed by atoms with Gasteiger partial charge in [-0.3, -0.25) is 4.98 Å². The zero-order valence-electron chi connectivity index (χ0n) is 14.9. The highest BCUT2D eigenvalue weighted by Crippen LogP contribution is 2.21. The molecule has 2 unspecified atom stereocenters. The molecule has 1 aromatic heterocycles. The van der Waals surface area contributed by atoms with Gasteiger partial charge in [0.1, 0.15) is 5.60 Å². The largest absolute Gasteiger partial charge is 0.444 e. The van der Waals surface area contributed by atoms with Crippen LogP contribution in [0.3, 0.4) is 0 Å². The number of aromatic nitrogens is 1. The predicted octanol–water partition coefficient (Wildman–Crippen LogP) is 3.27. The van der Waals surface area contributed by atoms with E-state index < -0.39 is 5.60 Å². The van der Waals surface area contributed by atoms with Gasteiger partial charge in [-0.15, -0.1) is 0 Å². The van der Waals surface area contributed by atoms with E-state index in [9.17, 15) is 4.79 Å². The third-order valence-corrected chi connectivity index (χ3v) is 4.23. The van der Waals surface area contributed by atoms with Crippen molar-refractivity contribution in [1.29, 1.82) is 0 Å². The quantitative estimate of drug-likeness (QED) is 0.929. The molecule has 1 amide bonds. The highest BCUT2D eigenvalue weighted by Gasteiger charge is 2.31. The number of likely N-dealkylation sites (tertiary alicyclic amines) is 1. The van der Waals surface area contributed by atoms with Crippen LogP contribution < -0.4 is 5.32 Å². The number of pyridine rings is 1. The van der Waals surface area contributed by atoms with E-state index in [1.54, 1.807) is 0 Å². The summed E-state index contributed by atoms with van der Waals surface area (Å²) in [6, 6.07) is 2.64. The highest BCUT2D eigenvalue weighted by molar-refractivity contribution is 5.68. The molecule has 1 fully saturated rings. The number of hydrogen-bond acceptors (Lipinski definition) is 4. The first-order chi connectivity index (χ1) is 10.8. The van der Waals surface area contributed by atoms with Crippen LogP contribution in [0.15, 0.2) is 18.5 Å². The minimum Gasteiger partial charge on any atom is -0.444 e. The van der Waals surface area contributed by atoms with Crippen LogP contribution in [-0.4, -0.2) is 40.2 Å². The maximum Gasteiger partial charge on any atom is 0.410 e. The van der Waals surface area contributed by atoms with Crippen LogP contribution in [0, 0.1) is 6.92 Å². The number of amides is 1. The number of nitrogens with zero attached hydrogens (tertiary/aromatic N) is 2. The molecule has 0 saturated carbocycles. The number of ether oxygens (including phenoxy) is 1. The van der Waals surface area contributed by atoms with Crippen molar-refractivity contribution in [2.24, 2.45) is 0 Å². The standard InChI is InChI=1S/C18H29N3O2/c1-13-6-8-19-11-15(13)12-20-16-7-9-21(14(2)10-16)17(22)23-18(3,4)5/h6,8,11,14,16,20H,7,9-10,12H2,1-5H3. The summed E-state index contributed by atoms with van der Waals surface area (Å²) in [5.74, 6) is 0. The second-order valence-corrected chi connectivity index (χ2v) is 7.43. The molecule has 0 aromatic carbocycles. The first kappa shape index (κ1) is 17.7. The van der Waals surface area contributed by atoms with E-state index in [1.165, 1.54) is 11.1 Å². The van der Waals surface area contributed by atoms with Gasteiger partial charge in [-0.25, -0.2) is 4.79 Å². The van der Waals surface area contributed by atoms with Crippen molar-refractivity contribution in [3.63, 3.8) is 0 Å². The van der Waals surface area contributed by atoms with E-state index in [1.807, 2.05) is 44.1 Å². The summed E-state index contributed by atoms with van der Waals surface area (Å²) >= 11 is 0. The molecular weight excluding hydrogens is 290 g/mol. The van der Waals surface area contributed by atoms with Gasteiger partial charge >= 0.3 is 6.09 Å². The van der Waals surface area contributed by atoms with E-state index >= 15 is 0 Å². The fourth-order valence-corrected chi connectivity index (χ4v) is 2.89. The SMILES string of the molecule is Cc1ccncc1CNC1CCN(C(=O)OC(C)(C)C)C(C)C1. The Kier molecular flexibility index (Phi) is 5.63. The summed E-state index contributed by atoms with van der Waals surface area (Å²) in [4.78, 5) is 18.3. The molecule has 0 spiro atoms. The smallest absolute Gasteiger partial charge is 0.410 e. The van der Waals surface area contributed by atoms with E-state index in [2.05, 4.69) is 24.1 Å². The Bertz CT molecular complexity index is 539. The van der Waals surface area contributed by atoms with Gasteiger partial charge in [0.05, 0.1) is 0 Å². The topological polar surface area (TPSA) is 54.5 Å².